The molecule has 7 nitrogen and oxygen atoms in total. The third kappa shape index (κ3) is 6.80. The van der Waals surface area contributed by atoms with Crippen LogP contribution in [0.4, 0.5) is 0 Å². The number of benzene rings is 3. The lowest BCUT2D eigenvalue weighted by Gasteiger charge is -2.33. The molecule has 8 heteroatoms. The van der Waals surface area contributed by atoms with Crippen molar-refractivity contribution in [3.63, 3.8) is 0 Å². The van der Waals surface area contributed by atoms with E-state index < -0.39 is 6.10 Å². The zero-order valence-corrected chi connectivity index (χ0v) is 22.9. The van der Waals surface area contributed by atoms with Crippen LogP contribution in [0.5, 0.6) is 28.7 Å². The highest BCUT2D eigenvalue weighted by Crippen LogP contribution is 2.40. The number of ether oxygens (including phenoxy) is 5. The fourth-order valence-corrected chi connectivity index (χ4v) is 4.63. The number of hydrogen-bond donors (Lipinski definition) is 1. The van der Waals surface area contributed by atoms with Crippen molar-refractivity contribution >= 4 is 11.6 Å². The standard InChI is InChI=1S/C29H35ClNO6/c1-7-23(20-11-12-25(33-2)26(16-20)34-3)31(18-24(32)21-9-8-10-22(30)15-21)17-19-13-27(35-4)29(37-6)28(14-19)36-5/h7-16,23-24,32H,17-18H2,1-6H3/t23-,24?/m1/s1. The first-order chi connectivity index (χ1) is 17.9. The molecule has 0 aromatic heterocycles. The molecule has 3 aromatic rings. The number of halogens is 1. The van der Waals surface area contributed by atoms with Crippen LogP contribution in [-0.2, 0) is 6.54 Å². The third-order valence-electron chi connectivity index (χ3n) is 6.21. The highest BCUT2D eigenvalue weighted by atomic mass is 35.5. The summed E-state index contributed by atoms with van der Waals surface area (Å²) >= 11 is 6.20. The minimum atomic E-state index is -0.775. The molecular weight excluding hydrogens is 494 g/mol. The molecule has 0 amide bonds. The summed E-state index contributed by atoms with van der Waals surface area (Å²) in [5.74, 6) is 2.94. The molecule has 0 saturated heterocycles. The van der Waals surface area contributed by atoms with Crippen LogP contribution in [0.1, 0.15) is 35.8 Å². The van der Waals surface area contributed by atoms with Crippen molar-refractivity contribution in [2.24, 2.45) is 0 Å². The van der Waals surface area contributed by atoms with E-state index in [1.165, 1.54) is 0 Å². The Morgan fingerprint density at radius 3 is 1.97 bits per heavy atom. The predicted molar refractivity (Wildman–Crippen MR) is 145 cm³/mol. The minimum Gasteiger partial charge on any atom is -0.493 e. The minimum absolute atomic E-state index is 0.160. The van der Waals surface area contributed by atoms with Gasteiger partial charge in [-0.05, 0) is 59.5 Å². The van der Waals surface area contributed by atoms with E-state index in [1.807, 2.05) is 49.4 Å². The van der Waals surface area contributed by atoms with E-state index >= 15 is 0 Å². The largest absolute Gasteiger partial charge is 0.493 e. The molecule has 0 saturated carbocycles. The quantitative estimate of drug-likeness (QED) is 0.297. The molecule has 2 atom stereocenters. The number of methoxy groups -OCH3 is 5. The van der Waals surface area contributed by atoms with Crippen LogP contribution in [-0.4, -0.2) is 52.1 Å². The summed E-state index contributed by atoms with van der Waals surface area (Å²) in [6, 6.07) is 16.8. The van der Waals surface area contributed by atoms with E-state index in [0.29, 0.717) is 46.9 Å². The lowest BCUT2D eigenvalue weighted by Crippen LogP contribution is -2.32. The molecule has 1 radical (unpaired) electrons. The summed E-state index contributed by atoms with van der Waals surface area (Å²) in [6.07, 6.45) is 1.31. The van der Waals surface area contributed by atoms with Gasteiger partial charge >= 0.3 is 0 Å². The van der Waals surface area contributed by atoms with Gasteiger partial charge < -0.3 is 28.8 Å². The molecule has 0 aliphatic carbocycles. The fourth-order valence-electron chi connectivity index (χ4n) is 4.43. The second-order valence-corrected chi connectivity index (χ2v) is 8.86. The number of aliphatic hydroxyl groups excluding tert-OH is 1. The normalized spacial score (nSPS) is 12.7. The van der Waals surface area contributed by atoms with Gasteiger partial charge in [-0.3, -0.25) is 4.90 Å². The van der Waals surface area contributed by atoms with Gasteiger partial charge in [0.2, 0.25) is 5.75 Å². The monoisotopic (exact) mass is 528 g/mol. The van der Waals surface area contributed by atoms with Crippen molar-refractivity contribution in [2.45, 2.75) is 25.6 Å². The van der Waals surface area contributed by atoms with Gasteiger partial charge in [0.15, 0.2) is 23.0 Å². The van der Waals surface area contributed by atoms with Gasteiger partial charge in [-0.1, -0.05) is 36.7 Å². The topological polar surface area (TPSA) is 69.6 Å². The molecule has 3 aromatic carbocycles. The van der Waals surface area contributed by atoms with Crippen molar-refractivity contribution in [3.8, 4) is 28.7 Å². The first-order valence-electron chi connectivity index (χ1n) is 11.9. The average Bonchev–Trinajstić information content (AvgIpc) is 2.92. The van der Waals surface area contributed by atoms with Crippen LogP contribution in [0.2, 0.25) is 5.02 Å². The molecule has 0 heterocycles. The first-order valence-corrected chi connectivity index (χ1v) is 12.2. The molecule has 0 aliphatic heterocycles. The highest BCUT2D eigenvalue weighted by molar-refractivity contribution is 6.30. The molecule has 3 rings (SSSR count). The zero-order chi connectivity index (χ0) is 26.9. The van der Waals surface area contributed by atoms with E-state index in [2.05, 4.69) is 11.3 Å². The van der Waals surface area contributed by atoms with Gasteiger partial charge in [0.25, 0.3) is 0 Å². The summed E-state index contributed by atoms with van der Waals surface area (Å²) in [6.45, 7) is 2.81. The SMILES string of the molecule is C[CH][C@H](c1ccc(OC)c(OC)c1)N(Cc1cc(OC)c(OC)c(OC)c1)CC(O)c1cccc(Cl)c1. The summed E-state index contributed by atoms with van der Waals surface area (Å²) in [4.78, 5) is 2.17. The second kappa shape index (κ2) is 13.4. The van der Waals surface area contributed by atoms with Crippen molar-refractivity contribution in [2.75, 3.05) is 42.1 Å². The maximum Gasteiger partial charge on any atom is 0.203 e. The second-order valence-electron chi connectivity index (χ2n) is 8.43. The van der Waals surface area contributed by atoms with Crippen molar-refractivity contribution in [1.29, 1.82) is 0 Å². The fraction of sp³-hybridized carbons (Fsp3) is 0.345. The van der Waals surface area contributed by atoms with Crippen LogP contribution in [0, 0.1) is 6.42 Å². The molecule has 37 heavy (non-hydrogen) atoms. The summed E-state index contributed by atoms with van der Waals surface area (Å²) in [7, 11) is 7.98. The van der Waals surface area contributed by atoms with Crippen LogP contribution in [0.25, 0.3) is 0 Å². The van der Waals surface area contributed by atoms with E-state index in [9.17, 15) is 5.11 Å². The Morgan fingerprint density at radius 2 is 1.43 bits per heavy atom. The third-order valence-corrected chi connectivity index (χ3v) is 6.44. The number of hydrogen-bond acceptors (Lipinski definition) is 7. The van der Waals surface area contributed by atoms with Crippen LogP contribution < -0.4 is 23.7 Å². The van der Waals surface area contributed by atoms with Crippen LogP contribution >= 0.6 is 11.6 Å². The van der Waals surface area contributed by atoms with Crippen LogP contribution in [0.15, 0.2) is 54.6 Å². The summed E-state index contributed by atoms with van der Waals surface area (Å²) in [5.41, 5.74) is 2.66. The lowest BCUT2D eigenvalue weighted by atomic mass is 9.99. The van der Waals surface area contributed by atoms with E-state index in [-0.39, 0.29) is 6.04 Å². The van der Waals surface area contributed by atoms with E-state index in [4.69, 9.17) is 35.3 Å². The van der Waals surface area contributed by atoms with Gasteiger partial charge in [0.1, 0.15) is 0 Å². The Kier molecular flexibility index (Phi) is 10.3. The van der Waals surface area contributed by atoms with Gasteiger partial charge in [-0.25, -0.2) is 0 Å². The Hall–Kier alpha value is -3.13. The maximum absolute atomic E-state index is 11.2. The molecule has 1 N–H and O–H groups in total. The molecule has 0 bridgehead atoms. The van der Waals surface area contributed by atoms with Gasteiger partial charge in [0, 0.05) is 24.2 Å². The Bertz CT molecular complexity index is 1150. The van der Waals surface area contributed by atoms with Crippen molar-refractivity contribution in [1.82, 2.24) is 4.90 Å². The summed E-state index contributed by atoms with van der Waals surface area (Å²) < 4.78 is 27.6. The lowest BCUT2D eigenvalue weighted by molar-refractivity contribution is 0.0893. The highest BCUT2D eigenvalue weighted by Gasteiger charge is 2.25. The van der Waals surface area contributed by atoms with Gasteiger partial charge in [-0.2, -0.15) is 0 Å². The Labute approximate surface area is 224 Å². The van der Waals surface area contributed by atoms with Crippen LogP contribution in [0.3, 0.4) is 0 Å². The smallest absolute Gasteiger partial charge is 0.203 e. The van der Waals surface area contributed by atoms with E-state index in [0.717, 1.165) is 16.7 Å². The van der Waals surface area contributed by atoms with Crippen molar-refractivity contribution in [3.05, 3.63) is 82.7 Å². The molecule has 0 aliphatic rings. The summed E-state index contributed by atoms with van der Waals surface area (Å²) in [5, 5.41) is 11.8. The molecule has 1 unspecified atom stereocenters. The zero-order valence-electron chi connectivity index (χ0n) is 22.2. The average molecular weight is 529 g/mol. The van der Waals surface area contributed by atoms with Gasteiger partial charge in [-0.15, -0.1) is 0 Å². The molecule has 199 valence electrons. The maximum atomic E-state index is 11.2. The van der Waals surface area contributed by atoms with Gasteiger partial charge in [0.05, 0.1) is 41.7 Å². The van der Waals surface area contributed by atoms with E-state index in [1.54, 1.807) is 47.7 Å². The number of rotatable bonds is 13. The molecular formula is C29H35ClNO6. The first kappa shape index (κ1) is 28.4. The molecule has 0 fully saturated rings. The Balaban J connectivity index is 2.04. The molecule has 0 spiro atoms. The van der Waals surface area contributed by atoms with Crippen molar-refractivity contribution < 1.29 is 28.8 Å². The number of nitrogens with zero attached hydrogens (tertiary/aromatic N) is 1. The predicted octanol–water partition coefficient (Wildman–Crippen LogP) is 5.88. The Morgan fingerprint density at radius 1 is 0.784 bits per heavy atom. The number of aliphatic hydroxyl groups is 1.